The molecule has 2 N–H and O–H groups in total. The van der Waals surface area contributed by atoms with Crippen LogP contribution in [-0.2, 0) is 14.3 Å². The maximum absolute atomic E-state index is 13.2. The van der Waals surface area contributed by atoms with Crippen LogP contribution in [0.1, 0.15) is 60.8 Å². The number of ether oxygens (including phenoxy) is 1. The number of nitrogens with one attached hydrogen (secondary N) is 2. The number of alkyl carbamates (subject to hydrolysis) is 1. The molecule has 2 aliphatic rings. The van der Waals surface area contributed by atoms with Crippen LogP contribution in [0.25, 0.3) is 0 Å². The first kappa shape index (κ1) is 23.0. The van der Waals surface area contributed by atoms with Gasteiger partial charge in [0.05, 0.1) is 0 Å². The molecule has 162 valence electrons. The molecular weight excluding hydrogens is 370 g/mol. The molecule has 3 amide bonds. The highest BCUT2D eigenvalue weighted by Gasteiger charge is 2.32. The third-order valence-corrected chi connectivity index (χ3v) is 4.92. The van der Waals surface area contributed by atoms with E-state index in [1.165, 1.54) is 0 Å². The Balaban J connectivity index is 2.18. The maximum Gasteiger partial charge on any atom is 0.408 e. The Morgan fingerprint density at radius 2 is 1.93 bits per heavy atom. The second-order valence-electron chi connectivity index (χ2n) is 9.30. The van der Waals surface area contributed by atoms with Crippen LogP contribution in [0.3, 0.4) is 0 Å². The van der Waals surface area contributed by atoms with Crippen LogP contribution in [0.4, 0.5) is 4.79 Å². The third kappa shape index (κ3) is 6.61. The van der Waals surface area contributed by atoms with Gasteiger partial charge in [0.2, 0.25) is 5.91 Å². The van der Waals surface area contributed by atoms with Gasteiger partial charge in [0.15, 0.2) is 0 Å². The van der Waals surface area contributed by atoms with Gasteiger partial charge in [0.1, 0.15) is 17.3 Å². The van der Waals surface area contributed by atoms with Crippen molar-refractivity contribution in [2.45, 2.75) is 72.4 Å². The summed E-state index contributed by atoms with van der Waals surface area (Å²) >= 11 is 0. The SMILES string of the molecule is CC(C)CN1CC[C@@H]2CCC=CC2=C(NC(=O)[C@H](C)NC(=O)OC(C)(C)C)C1=O. The Bertz CT molecular complexity index is 703. The number of allylic oxidation sites excluding steroid dienone is 3. The van der Waals surface area contributed by atoms with Gasteiger partial charge in [0.25, 0.3) is 5.91 Å². The van der Waals surface area contributed by atoms with E-state index in [4.69, 9.17) is 4.74 Å². The lowest BCUT2D eigenvalue weighted by Crippen LogP contribution is -2.48. The third-order valence-electron chi connectivity index (χ3n) is 4.92. The van der Waals surface area contributed by atoms with E-state index in [9.17, 15) is 14.4 Å². The van der Waals surface area contributed by atoms with E-state index in [1.54, 1.807) is 27.7 Å². The summed E-state index contributed by atoms with van der Waals surface area (Å²) in [5.74, 6) is 0.00580. The van der Waals surface area contributed by atoms with E-state index in [0.717, 1.165) is 24.8 Å². The van der Waals surface area contributed by atoms with Crippen LogP contribution in [-0.4, -0.2) is 47.5 Å². The number of nitrogens with zero attached hydrogens (tertiary/aromatic N) is 1. The van der Waals surface area contributed by atoms with Gasteiger partial charge in [0, 0.05) is 13.1 Å². The molecule has 1 aliphatic carbocycles. The first-order chi connectivity index (χ1) is 13.5. The second kappa shape index (κ2) is 9.46. The minimum absolute atomic E-state index is 0.152. The van der Waals surface area contributed by atoms with Gasteiger partial charge in [-0.3, -0.25) is 9.59 Å². The molecule has 2 atom stereocenters. The molecule has 0 aromatic carbocycles. The summed E-state index contributed by atoms with van der Waals surface area (Å²) < 4.78 is 5.21. The van der Waals surface area contributed by atoms with Crippen molar-refractivity contribution in [3.05, 3.63) is 23.4 Å². The van der Waals surface area contributed by atoms with Crippen LogP contribution >= 0.6 is 0 Å². The molecule has 29 heavy (non-hydrogen) atoms. The number of hydrogen-bond acceptors (Lipinski definition) is 4. The Morgan fingerprint density at radius 1 is 1.24 bits per heavy atom. The molecule has 0 radical (unpaired) electrons. The molecule has 7 nitrogen and oxygen atoms in total. The Hall–Kier alpha value is -2.31. The molecule has 0 spiro atoms. The van der Waals surface area contributed by atoms with Gasteiger partial charge in [-0.25, -0.2) is 4.79 Å². The van der Waals surface area contributed by atoms with Crippen molar-refractivity contribution in [3.63, 3.8) is 0 Å². The van der Waals surface area contributed by atoms with Crippen LogP contribution in [0.5, 0.6) is 0 Å². The fourth-order valence-corrected chi connectivity index (χ4v) is 3.60. The van der Waals surface area contributed by atoms with Crippen molar-refractivity contribution >= 4 is 17.9 Å². The predicted octanol–water partition coefficient (Wildman–Crippen LogP) is 3.12. The van der Waals surface area contributed by atoms with Gasteiger partial charge < -0.3 is 20.3 Å². The van der Waals surface area contributed by atoms with Gasteiger partial charge in [-0.1, -0.05) is 26.0 Å². The predicted molar refractivity (Wildman–Crippen MR) is 112 cm³/mol. The largest absolute Gasteiger partial charge is 0.444 e. The average Bonchev–Trinajstić information content (AvgIpc) is 2.72. The van der Waals surface area contributed by atoms with Gasteiger partial charge >= 0.3 is 6.09 Å². The molecule has 1 heterocycles. The second-order valence-corrected chi connectivity index (χ2v) is 9.30. The Kier molecular flexibility index (Phi) is 7.49. The van der Waals surface area contributed by atoms with Crippen molar-refractivity contribution in [1.82, 2.24) is 15.5 Å². The highest BCUT2D eigenvalue weighted by Crippen LogP contribution is 2.32. The fraction of sp³-hybridized carbons (Fsp3) is 0.682. The highest BCUT2D eigenvalue weighted by atomic mass is 16.6. The summed E-state index contributed by atoms with van der Waals surface area (Å²) in [4.78, 5) is 39.8. The molecule has 2 rings (SSSR count). The normalized spacial score (nSPS) is 20.9. The monoisotopic (exact) mass is 405 g/mol. The number of carbonyl (C=O) groups excluding carboxylic acids is 3. The number of rotatable bonds is 5. The van der Waals surface area contributed by atoms with Crippen LogP contribution in [0.15, 0.2) is 23.4 Å². The number of hydrogen-bond donors (Lipinski definition) is 2. The molecule has 0 aromatic rings. The lowest BCUT2D eigenvalue weighted by Gasteiger charge is -2.25. The van der Waals surface area contributed by atoms with E-state index in [2.05, 4.69) is 24.5 Å². The van der Waals surface area contributed by atoms with Crippen LogP contribution in [0, 0.1) is 11.8 Å². The van der Waals surface area contributed by atoms with Crippen molar-refractivity contribution in [3.8, 4) is 0 Å². The molecule has 0 bridgehead atoms. The molecule has 7 heteroatoms. The van der Waals surface area contributed by atoms with Crippen molar-refractivity contribution in [2.75, 3.05) is 13.1 Å². The minimum Gasteiger partial charge on any atom is -0.444 e. The Labute approximate surface area is 173 Å². The number of carbonyl (C=O) groups is 3. The van der Waals surface area contributed by atoms with Crippen molar-refractivity contribution in [1.29, 1.82) is 0 Å². The molecular formula is C22H35N3O4. The molecule has 0 saturated carbocycles. The topological polar surface area (TPSA) is 87.7 Å². The highest BCUT2D eigenvalue weighted by molar-refractivity contribution is 6.00. The zero-order valence-corrected chi connectivity index (χ0v) is 18.5. The zero-order chi connectivity index (χ0) is 21.8. The molecule has 1 aliphatic heterocycles. The van der Waals surface area contributed by atoms with Crippen LogP contribution in [0.2, 0.25) is 0 Å². The quantitative estimate of drug-likeness (QED) is 0.736. The summed E-state index contributed by atoms with van der Waals surface area (Å²) in [7, 11) is 0. The first-order valence-electron chi connectivity index (χ1n) is 10.5. The standard InChI is InChI=1S/C22H35N3O4/c1-14(2)13-25-12-11-16-9-7-8-10-17(16)18(20(25)27)24-19(26)15(3)23-21(28)29-22(4,5)6/h8,10,14-16H,7,9,11-13H2,1-6H3,(H,23,28)(H,24,26)/t15-,16-/m0/s1. The zero-order valence-electron chi connectivity index (χ0n) is 18.5. The summed E-state index contributed by atoms with van der Waals surface area (Å²) in [5.41, 5.74) is 0.580. The number of fused-ring (bicyclic) bond motifs is 1. The van der Waals surface area contributed by atoms with Crippen molar-refractivity contribution < 1.29 is 19.1 Å². The lowest BCUT2D eigenvalue weighted by molar-refractivity contribution is -0.130. The van der Waals surface area contributed by atoms with Crippen LogP contribution < -0.4 is 10.6 Å². The van der Waals surface area contributed by atoms with E-state index in [0.29, 0.717) is 24.7 Å². The van der Waals surface area contributed by atoms with Gasteiger partial charge in [-0.15, -0.1) is 0 Å². The summed E-state index contributed by atoms with van der Waals surface area (Å²) in [6.45, 7) is 12.3. The molecule has 0 saturated heterocycles. The summed E-state index contributed by atoms with van der Waals surface area (Å²) in [6, 6.07) is -0.835. The maximum atomic E-state index is 13.2. The van der Waals surface area contributed by atoms with Gasteiger partial charge in [-0.05, 0) is 64.4 Å². The average molecular weight is 406 g/mol. The molecule has 0 unspecified atom stereocenters. The minimum atomic E-state index is -0.835. The summed E-state index contributed by atoms with van der Waals surface area (Å²) in [5, 5.41) is 5.34. The van der Waals surface area contributed by atoms with Gasteiger partial charge in [-0.2, -0.15) is 0 Å². The van der Waals surface area contributed by atoms with E-state index < -0.39 is 23.6 Å². The van der Waals surface area contributed by atoms with E-state index in [1.807, 2.05) is 17.1 Å². The number of amides is 3. The van der Waals surface area contributed by atoms with E-state index in [-0.39, 0.29) is 11.8 Å². The lowest BCUT2D eigenvalue weighted by atomic mass is 9.86. The smallest absolute Gasteiger partial charge is 0.408 e. The van der Waals surface area contributed by atoms with E-state index >= 15 is 0 Å². The first-order valence-corrected chi connectivity index (χ1v) is 10.5. The molecule has 0 aromatic heterocycles. The summed E-state index contributed by atoms with van der Waals surface area (Å²) in [6.07, 6.45) is 6.19. The Morgan fingerprint density at radius 3 is 2.55 bits per heavy atom. The van der Waals surface area contributed by atoms with Crippen molar-refractivity contribution in [2.24, 2.45) is 11.8 Å². The molecule has 0 fully saturated rings. The fourth-order valence-electron chi connectivity index (χ4n) is 3.60.